The Kier molecular flexibility index (Phi) is 32.6. The summed E-state index contributed by atoms with van der Waals surface area (Å²) in [5.41, 5.74) is 9.29. The maximum absolute atomic E-state index is 14.3. The number of aromatic amines is 3. The molecule has 0 bridgehead atoms. The van der Waals surface area contributed by atoms with Gasteiger partial charge in [0.2, 0.25) is 49.2 Å². The molecule has 6 N–H and O–H groups in total. The highest BCUT2D eigenvalue weighted by Gasteiger charge is 2.31. The average molecular weight is 2080 g/mol. The second-order valence-electron chi connectivity index (χ2n) is 33.6. The lowest BCUT2D eigenvalue weighted by Crippen LogP contribution is -2.30. The number of sulfone groups is 5. The van der Waals surface area contributed by atoms with Crippen molar-refractivity contribution >= 4 is 112 Å². The minimum atomic E-state index is -4.14. The third kappa shape index (κ3) is 24.3. The lowest BCUT2D eigenvalue weighted by Gasteiger charge is -2.23. The van der Waals surface area contributed by atoms with Gasteiger partial charge in [-0.2, -0.15) is 15.3 Å². The van der Waals surface area contributed by atoms with Gasteiger partial charge in [0.1, 0.15) is 37.6 Å². The highest BCUT2D eigenvalue weighted by Crippen LogP contribution is 2.39. The second-order valence-corrected chi connectivity index (χ2v) is 43.2. The number of imidazole rings is 1. The predicted molar refractivity (Wildman–Crippen MR) is 541 cm³/mol. The summed E-state index contributed by atoms with van der Waals surface area (Å²) < 4.78 is 188. The fourth-order valence-electron chi connectivity index (χ4n) is 15.3. The van der Waals surface area contributed by atoms with Crippen LogP contribution >= 0.6 is 0 Å². The summed E-state index contributed by atoms with van der Waals surface area (Å²) in [6.45, 7) is 9.43. The van der Waals surface area contributed by atoms with Crippen LogP contribution in [-0.4, -0.2) is 161 Å². The first kappa shape index (κ1) is 105. The van der Waals surface area contributed by atoms with Gasteiger partial charge in [-0.3, -0.25) is 34.5 Å². The number of nitrogens with zero attached hydrogens (tertiary/aromatic N) is 9. The van der Waals surface area contributed by atoms with Crippen molar-refractivity contribution in [2.45, 2.75) is 128 Å². The number of aromatic nitrogens is 11. The number of hydrogen-bond acceptors (Lipinski definition) is 26. The van der Waals surface area contributed by atoms with Crippen LogP contribution in [0.1, 0.15) is 120 Å². The summed E-state index contributed by atoms with van der Waals surface area (Å²) in [4.78, 5) is 69.4. The molecule has 0 atom stereocenters. The lowest BCUT2D eigenvalue weighted by molar-refractivity contribution is 0.0729. The maximum Gasteiger partial charge on any atom is 0.256 e. The molecule has 0 saturated heterocycles. The molecule has 0 aliphatic rings. The molecule has 0 radical (unpaired) electrons. The van der Waals surface area contributed by atoms with Gasteiger partial charge in [0.05, 0.1) is 110 Å². The highest BCUT2D eigenvalue weighted by molar-refractivity contribution is 7.92. The topological polar surface area (TPSA) is 466 Å². The van der Waals surface area contributed by atoms with E-state index in [9.17, 15) is 70.0 Å². The Hall–Kier alpha value is -16.8. The number of pyridine rings is 4. The largest absolute Gasteiger partial charge is 0.497 e. The number of nitrogens with one attached hydrogen (secondary N) is 6. The van der Waals surface area contributed by atoms with Crippen molar-refractivity contribution in [1.29, 1.82) is 0 Å². The zero-order valence-electron chi connectivity index (χ0n) is 80.2. The van der Waals surface area contributed by atoms with E-state index in [1.165, 1.54) is 113 Å². The molecule has 18 aromatic rings. The zero-order chi connectivity index (χ0) is 104. The van der Waals surface area contributed by atoms with Gasteiger partial charge in [0.25, 0.3) is 23.6 Å². The molecule has 0 saturated carbocycles. The number of carbonyl (C=O) groups is 4. The van der Waals surface area contributed by atoms with Gasteiger partial charge in [0, 0.05) is 92.1 Å². The van der Waals surface area contributed by atoms with Crippen molar-refractivity contribution in [1.82, 2.24) is 75.8 Å². The monoisotopic (exact) mass is 2080 g/mol. The number of aryl methyl sites for hydroxylation is 1. The Balaban J connectivity index is 0.000000151. The van der Waals surface area contributed by atoms with E-state index in [1.54, 1.807) is 206 Å². The van der Waals surface area contributed by atoms with Crippen LogP contribution in [0.2, 0.25) is 0 Å². The number of ether oxygens (including phenoxy) is 5. The highest BCUT2D eigenvalue weighted by atomic mass is 32.2. The molecule has 0 fully saturated rings. The van der Waals surface area contributed by atoms with Crippen molar-refractivity contribution < 1.29 is 93.7 Å². The van der Waals surface area contributed by atoms with Crippen molar-refractivity contribution in [3.63, 3.8) is 0 Å². The molecular formula is C106H97F2N15O19S5. The average Bonchev–Trinajstić information content (AvgIpc) is 1.35. The normalized spacial score (nSPS) is 11.6. The van der Waals surface area contributed by atoms with Gasteiger partial charge >= 0.3 is 0 Å². The smallest absolute Gasteiger partial charge is 0.256 e. The number of fused-ring (bicyclic) bond motifs is 4. The van der Waals surface area contributed by atoms with Gasteiger partial charge in [0.15, 0.2) is 40.0 Å². The number of benzene rings is 10. The van der Waals surface area contributed by atoms with Crippen molar-refractivity contribution in [3.8, 4) is 28.7 Å². The van der Waals surface area contributed by atoms with Crippen LogP contribution in [0.4, 0.5) is 8.78 Å². The van der Waals surface area contributed by atoms with Crippen LogP contribution in [0.5, 0.6) is 28.7 Å². The van der Waals surface area contributed by atoms with E-state index in [0.717, 1.165) is 58.8 Å². The molecule has 0 spiro atoms. The number of H-pyrrole nitrogens is 3. The number of halogens is 2. The fraction of sp³-hybridized carbons (Fsp3) is 0.160. The van der Waals surface area contributed by atoms with Crippen LogP contribution in [0.3, 0.4) is 0 Å². The molecule has 41 heteroatoms. The van der Waals surface area contributed by atoms with E-state index in [4.69, 9.17) is 23.7 Å². The Bertz CT molecular complexity index is 8500. The molecule has 754 valence electrons. The van der Waals surface area contributed by atoms with Crippen LogP contribution in [-0.2, 0) is 81.9 Å². The summed E-state index contributed by atoms with van der Waals surface area (Å²) in [6, 6.07) is 63.3. The Labute approximate surface area is 844 Å². The third-order valence-corrected chi connectivity index (χ3v) is 32.5. The van der Waals surface area contributed by atoms with Crippen molar-refractivity contribution in [2.75, 3.05) is 35.0 Å². The van der Waals surface area contributed by atoms with E-state index in [1.807, 2.05) is 12.1 Å². The number of rotatable bonds is 33. The van der Waals surface area contributed by atoms with E-state index in [0.29, 0.717) is 91.5 Å². The minimum absolute atomic E-state index is 0.0111. The second kappa shape index (κ2) is 45.9. The molecule has 4 amide bonds. The summed E-state index contributed by atoms with van der Waals surface area (Å²) >= 11 is 0. The van der Waals surface area contributed by atoms with Crippen molar-refractivity contribution in [2.24, 2.45) is 0 Å². The SMILES string of the molecule is CC(C)c1ccc(S(=O)(=O)c2ccc(CNC(=O)c3ccc4nccn4c3)cc2)cc1.CCCCOc1ccc(S(=O)(=O)c2ccc(CNC(=O)c3cnc4[nH]ncc4c3)cc2)c(C)c1.COc1ccc(F)c(S(=O)(=O)c2ccc(CNC(=O)c3cnc4[nH]ncc4c3)cc2)c1.COc1cccc(S(=O)(=O)c2ccc(CN(Cc3ccc(S(=O)(=O)c4cccc(F)c4OC)cc3)C(=O)c3cnc4[nH]ncc4c3)cc2)c1OC. The summed E-state index contributed by atoms with van der Waals surface area (Å²) in [6.07, 6.45) is 16.2. The van der Waals surface area contributed by atoms with Crippen LogP contribution < -0.4 is 39.6 Å². The summed E-state index contributed by atoms with van der Waals surface area (Å²) in [7, 11) is -14.1. The van der Waals surface area contributed by atoms with Crippen LogP contribution in [0.15, 0.2) is 353 Å². The number of unbranched alkanes of at least 4 members (excludes halogenated alkanes) is 1. The first-order valence-corrected chi connectivity index (χ1v) is 52.8. The Morgan fingerprint density at radius 3 is 1.28 bits per heavy atom. The van der Waals surface area contributed by atoms with E-state index < -0.39 is 65.7 Å². The van der Waals surface area contributed by atoms with E-state index >= 15 is 0 Å². The Morgan fingerprint density at radius 2 is 0.823 bits per heavy atom. The molecule has 18 rings (SSSR count). The van der Waals surface area contributed by atoms with Gasteiger partial charge in [-0.25, -0.2) is 70.8 Å². The number of para-hydroxylation sites is 2. The quantitative estimate of drug-likeness (QED) is 0.0208. The Morgan fingerprint density at radius 1 is 0.401 bits per heavy atom. The summed E-state index contributed by atoms with van der Waals surface area (Å²) in [5, 5.41) is 30.4. The molecule has 34 nitrogen and oxygen atoms in total. The fourth-order valence-corrected chi connectivity index (χ4v) is 22.3. The minimum Gasteiger partial charge on any atom is -0.497 e. The van der Waals surface area contributed by atoms with E-state index in [-0.39, 0.29) is 122 Å². The van der Waals surface area contributed by atoms with Crippen LogP contribution in [0.25, 0.3) is 38.7 Å². The molecule has 8 aromatic heterocycles. The molecule has 0 aliphatic carbocycles. The molecular weight excluding hydrogens is 1990 g/mol. The number of methoxy groups -OCH3 is 4. The first-order valence-electron chi connectivity index (χ1n) is 45.4. The number of carbonyl (C=O) groups excluding carboxylic acids is 4. The van der Waals surface area contributed by atoms with E-state index in [2.05, 4.69) is 87.2 Å². The van der Waals surface area contributed by atoms with Crippen molar-refractivity contribution in [3.05, 3.63) is 377 Å². The van der Waals surface area contributed by atoms with Gasteiger partial charge in [-0.1, -0.05) is 112 Å². The number of hydrogen-bond donors (Lipinski definition) is 6. The molecule has 147 heavy (non-hydrogen) atoms. The van der Waals surface area contributed by atoms with Gasteiger partial charge in [-0.15, -0.1) is 0 Å². The molecule has 8 heterocycles. The third-order valence-electron chi connectivity index (χ3n) is 23.4. The van der Waals surface area contributed by atoms with Crippen LogP contribution in [0, 0.1) is 18.6 Å². The molecule has 0 aliphatic heterocycles. The van der Waals surface area contributed by atoms with Gasteiger partial charge < -0.3 is 48.9 Å². The molecule has 0 unspecified atom stereocenters. The number of amides is 4. The lowest BCUT2D eigenvalue weighted by atomic mass is 10.0. The van der Waals surface area contributed by atoms with Gasteiger partial charge in [-0.05, 0) is 216 Å². The zero-order valence-corrected chi connectivity index (χ0v) is 84.3. The first-order chi connectivity index (χ1) is 70.6. The maximum atomic E-state index is 14.3. The summed E-state index contributed by atoms with van der Waals surface area (Å²) in [5.74, 6) is -1.66. The predicted octanol–water partition coefficient (Wildman–Crippen LogP) is 16.9. The molecule has 10 aromatic carbocycles. The standard InChI is InChI=1S/C36H31FN4O8S2.C25H26N4O4S.C24H23N3O3S.C21H17FN4O4S/c1-47-30-7-5-9-32(34(30)49-3)51(45,46)28-16-12-24(13-17-28)22-41(36(42)26-18-25-20-39-40-35(25)38-19-26)21-23-10-14-27(15-11-23)50(43,44)31-8-4-6-29(37)33(31)48-2;1-3-4-11-33-21-7-10-23(17(2)12-21)34(31,32)22-8-5-18(6-9-22)14-27-25(30)20-13-19-16-28-29-24(19)26-15-20;1-17(2)19-5-10-22(11-6-19)31(29,30)21-8-3-18(4-9-21)15-26-24(28)20-7-12-23-25-13-14-27(23)16-20;1-30-16-4-7-18(22)19(9-16)31(28,29)17-5-2-13(3-6-17)10-24-21(27)15-8-14-12-25-26-20(14)23-11-15/h4-20H,21-22H2,1-3H3,(H,38,39,40);5-10,12-13,15-16H,3-4,11,14H2,1-2H3,(H,27,30)(H,26,28,29);3-14,16-17H,15H2,1-2H3,(H,26,28);2-9,11-12H,10H2,1H3,(H,24,27)(H,23,25,26).